The highest BCUT2D eigenvalue weighted by Crippen LogP contribution is 2.44. The Kier molecular flexibility index (Phi) is 5.75. The molecule has 1 aliphatic carbocycles. The molecule has 1 unspecified atom stereocenters. The van der Waals surface area contributed by atoms with Crippen LogP contribution in [-0.2, 0) is 12.8 Å². The van der Waals surface area contributed by atoms with E-state index in [-0.39, 0.29) is 11.3 Å². The minimum atomic E-state index is -0.500. The first-order chi connectivity index (χ1) is 15.1. The zero-order valence-corrected chi connectivity index (χ0v) is 20.1. The number of fused-ring (bicyclic) bond motifs is 2. The summed E-state index contributed by atoms with van der Waals surface area (Å²) >= 11 is 1.47. The number of aryl methyl sites for hydroxylation is 1. The van der Waals surface area contributed by atoms with Gasteiger partial charge in [0.15, 0.2) is 11.4 Å². The van der Waals surface area contributed by atoms with Gasteiger partial charge in [0.05, 0.1) is 17.9 Å². The number of ether oxygens (including phenoxy) is 1. The van der Waals surface area contributed by atoms with Gasteiger partial charge < -0.3 is 15.8 Å². The third-order valence-electron chi connectivity index (χ3n) is 6.27. The Morgan fingerprint density at radius 3 is 2.78 bits per heavy atom. The second-order valence-corrected chi connectivity index (χ2v) is 10.5. The highest BCUT2D eigenvalue weighted by Gasteiger charge is 2.34. The number of anilines is 1. The highest BCUT2D eigenvalue weighted by molar-refractivity contribution is 7.17. The monoisotopic (exact) mass is 454 g/mol. The van der Waals surface area contributed by atoms with Crippen LogP contribution in [0.25, 0.3) is 5.65 Å². The largest absolute Gasteiger partial charge is 0.490 e. The van der Waals surface area contributed by atoms with Crippen molar-refractivity contribution in [2.45, 2.75) is 53.9 Å². The molecule has 2 amide bonds. The van der Waals surface area contributed by atoms with Crippen molar-refractivity contribution in [3.05, 3.63) is 45.7 Å². The summed E-state index contributed by atoms with van der Waals surface area (Å²) in [7, 11) is 0. The first kappa shape index (κ1) is 22.3. The molecule has 3 aromatic rings. The molecule has 0 aliphatic heterocycles. The van der Waals surface area contributed by atoms with Gasteiger partial charge in [-0.1, -0.05) is 20.8 Å². The lowest BCUT2D eigenvalue weighted by Gasteiger charge is -2.33. The van der Waals surface area contributed by atoms with Gasteiger partial charge in [-0.2, -0.15) is 0 Å². The van der Waals surface area contributed by atoms with Gasteiger partial charge in [0.1, 0.15) is 10.7 Å². The van der Waals surface area contributed by atoms with Gasteiger partial charge >= 0.3 is 0 Å². The normalized spacial score (nSPS) is 16.1. The highest BCUT2D eigenvalue weighted by atomic mass is 32.1. The molecule has 1 atom stereocenters. The summed E-state index contributed by atoms with van der Waals surface area (Å²) in [5, 5.41) is 3.49. The number of rotatable bonds is 5. The fraction of sp³-hybridized carbons (Fsp3) is 0.458. The van der Waals surface area contributed by atoms with Gasteiger partial charge in [-0.05, 0) is 62.1 Å². The van der Waals surface area contributed by atoms with Crippen molar-refractivity contribution in [2.24, 2.45) is 17.1 Å². The van der Waals surface area contributed by atoms with Crippen molar-refractivity contribution in [2.75, 3.05) is 11.9 Å². The van der Waals surface area contributed by atoms with Gasteiger partial charge in [-0.3, -0.25) is 14.0 Å². The second-order valence-electron chi connectivity index (χ2n) is 9.38. The molecular weight excluding hydrogens is 424 g/mol. The number of primary amides is 1. The van der Waals surface area contributed by atoms with Gasteiger partial charge in [0.25, 0.3) is 11.8 Å². The van der Waals surface area contributed by atoms with Crippen molar-refractivity contribution in [1.29, 1.82) is 0 Å². The summed E-state index contributed by atoms with van der Waals surface area (Å²) in [6.07, 6.45) is 4.49. The Labute approximate surface area is 192 Å². The smallest absolute Gasteiger partial charge is 0.275 e. The van der Waals surface area contributed by atoms with E-state index in [1.165, 1.54) is 11.3 Å². The molecular formula is C24H30N4O3S. The molecule has 0 saturated carbocycles. The molecule has 32 heavy (non-hydrogen) atoms. The predicted octanol–water partition coefficient (Wildman–Crippen LogP) is 4.61. The summed E-state index contributed by atoms with van der Waals surface area (Å²) in [5.41, 5.74) is 8.97. The number of amides is 2. The summed E-state index contributed by atoms with van der Waals surface area (Å²) in [6.45, 7) is 10.9. The molecule has 3 heterocycles. The van der Waals surface area contributed by atoms with Crippen LogP contribution in [0.4, 0.5) is 5.00 Å². The molecule has 0 fully saturated rings. The number of hydrogen-bond donors (Lipinski definition) is 2. The Morgan fingerprint density at radius 1 is 1.38 bits per heavy atom. The molecule has 4 rings (SSSR count). The fourth-order valence-corrected chi connectivity index (χ4v) is 5.86. The molecule has 0 radical (unpaired) electrons. The van der Waals surface area contributed by atoms with E-state index in [9.17, 15) is 9.59 Å². The molecule has 0 bridgehead atoms. The van der Waals surface area contributed by atoms with Crippen LogP contribution in [0, 0.1) is 18.3 Å². The quantitative estimate of drug-likeness (QED) is 0.588. The summed E-state index contributed by atoms with van der Waals surface area (Å²) in [5.74, 6) is 0.323. The average molecular weight is 455 g/mol. The maximum atomic E-state index is 13.3. The summed E-state index contributed by atoms with van der Waals surface area (Å²) in [4.78, 5) is 31.4. The minimum Gasteiger partial charge on any atom is -0.490 e. The predicted molar refractivity (Wildman–Crippen MR) is 127 cm³/mol. The lowest BCUT2D eigenvalue weighted by atomic mass is 9.72. The topological polar surface area (TPSA) is 98.7 Å². The zero-order chi connectivity index (χ0) is 23.2. The summed E-state index contributed by atoms with van der Waals surface area (Å²) < 4.78 is 7.38. The molecule has 3 aromatic heterocycles. The average Bonchev–Trinajstić information content (AvgIpc) is 3.23. The van der Waals surface area contributed by atoms with Crippen LogP contribution in [-0.4, -0.2) is 27.8 Å². The van der Waals surface area contributed by atoms with Gasteiger partial charge in [0.2, 0.25) is 0 Å². The van der Waals surface area contributed by atoms with Crippen LogP contribution in [0.3, 0.4) is 0 Å². The number of nitrogens with one attached hydrogen (secondary N) is 1. The number of imidazole rings is 1. The van der Waals surface area contributed by atoms with E-state index in [1.54, 1.807) is 17.5 Å². The maximum Gasteiger partial charge on any atom is 0.275 e. The number of thiophene rings is 1. The van der Waals surface area contributed by atoms with Crippen molar-refractivity contribution in [3.8, 4) is 5.75 Å². The Morgan fingerprint density at radius 2 is 2.12 bits per heavy atom. The van der Waals surface area contributed by atoms with Crippen molar-refractivity contribution in [3.63, 3.8) is 0 Å². The van der Waals surface area contributed by atoms with Crippen molar-refractivity contribution >= 4 is 33.8 Å². The Hall–Kier alpha value is -2.87. The van der Waals surface area contributed by atoms with E-state index in [2.05, 4.69) is 31.1 Å². The third kappa shape index (κ3) is 3.88. The van der Waals surface area contributed by atoms with E-state index in [0.29, 0.717) is 45.9 Å². The Balaban J connectivity index is 1.71. The van der Waals surface area contributed by atoms with E-state index >= 15 is 0 Å². The molecule has 0 aromatic carbocycles. The Bertz CT molecular complexity index is 1200. The van der Waals surface area contributed by atoms with Crippen LogP contribution in [0.5, 0.6) is 5.75 Å². The number of nitrogens with zero attached hydrogens (tertiary/aromatic N) is 2. The second kappa shape index (κ2) is 8.24. The standard InChI is InChI=1S/C24H30N4O3S/c1-6-31-16-8-7-11-28-19(13(2)26-21(16)28)22(30)27-23-18(20(25)29)15-10-9-14(24(3,4)5)12-17(15)32-23/h7-8,11,14H,6,9-10,12H2,1-5H3,(H2,25,29)(H,27,30). The summed E-state index contributed by atoms with van der Waals surface area (Å²) in [6, 6.07) is 3.65. The molecule has 0 saturated heterocycles. The van der Waals surface area contributed by atoms with Crippen LogP contribution in [0.1, 0.15) is 71.1 Å². The lowest BCUT2D eigenvalue weighted by Crippen LogP contribution is -2.27. The number of carbonyl (C=O) groups is 2. The van der Waals surface area contributed by atoms with Crippen LogP contribution >= 0.6 is 11.3 Å². The maximum absolute atomic E-state index is 13.3. The first-order valence-corrected chi connectivity index (χ1v) is 11.8. The van der Waals surface area contributed by atoms with Gasteiger partial charge in [-0.25, -0.2) is 4.98 Å². The van der Waals surface area contributed by atoms with Gasteiger partial charge in [-0.15, -0.1) is 11.3 Å². The fourth-order valence-electron chi connectivity index (χ4n) is 4.53. The van der Waals surface area contributed by atoms with Crippen LogP contribution < -0.4 is 15.8 Å². The number of aromatic nitrogens is 2. The van der Waals surface area contributed by atoms with Crippen LogP contribution in [0.2, 0.25) is 0 Å². The number of pyridine rings is 1. The molecule has 7 nitrogen and oxygen atoms in total. The number of nitrogens with two attached hydrogens (primary N) is 1. The van der Waals surface area contributed by atoms with Crippen molar-refractivity contribution in [1.82, 2.24) is 9.38 Å². The molecule has 1 aliphatic rings. The van der Waals surface area contributed by atoms with Crippen LogP contribution in [0.15, 0.2) is 18.3 Å². The minimum absolute atomic E-state index is 0.184. The number of carbonyl (C=O) groups excluding carboxylic acids is 2. The zero-order valence-electron chi connectivity index (χ0n) is 19.2. The SMILES string of the molecule is CCOc1cccn2c(C(=O)Nc3sc4c(c3C(N)=O)CCC(C(C)(C)C)C4)c(C)nc12. The first-order valence-electron chi connectivity index (χ1n) is 11.0. The molecule has 8 heteroatoms. The van der Waals surface area contributed by atoms with Gasteiger partial charge in [0, 0.05) is 11.1 Å². The molecule has 3 N–H and O–H groups in total. The molecule has 0 spiro atoms. The van der Waals surface area contributed by atoms with E-state index in [1.807, 2.05) is 19.1 Å². The van der Waals surface area contributed by atoms with E-state index < -0.39 is 5.91 Å². The van der Waals surface area contributed by atoms with E-state index in [4.69, 9.17) is 10.5 Å². The van der Waals surface area contributed by atoms with E-state index in [0.717, 1.165) is 29.7 Å². The molecule has 170 valence electrons. The number of hydrogen-bond acceptors (Lipinski definition) is 5. The lowest BCUT2D eigenvalue weighted by molar-refractivity contribution is 0.1000. The third-order valence-corrected chi connectivity index (χ3v) is 7.44. The van der Waals surface area contributed by atoms with Crippen molar-refractivity contribution < 1.29 is 14.3 Å².